The van der Waals surface area contributed by atoms with Crippen molar-refractivity contribution < 1.29 is 9.84 Å². The second-order valence-corrected chi connectivity index (χ2v) is 6.48. The maximum Gasteiger partial charge on any atom is 0.122 e. The van der Waals surface area contributed by atoms with Gasteiger partial charge in [-0.1, -0.05) is 30.5 Å². The van der Waals surface area contributed by atoms with Crippen molar-refractivity contribution in [3.8, 4) is 5.75 Å². The molecule has 2 atom stereocenters. The van der Waals surface area contributed by atoms with Gasteiger partial charge in [-0.05, 0) is 51.2 Å². The summed E-state index contributed by atoms with van der Waals surface area (Å²) in [6, 6.07) is 6.60. The molecule has 0 aromatic heterocycles. The lowest BCUT2D eigenvalue weighted by Gasteiger charge is -2.22. The molecular formula is C18H29NO2. The first kappa shape index (κ1) is 16.3. The summed E-state index contributed by atoms with van der Waals surface area (Å²) in [6.45, 7) is 7.28. The molecule has 1 aliphatic rings. The Morgan fingerprint density at radius 1 is 1.29 bits per heavy atom. The molecule has 1 fully saturated rings. The maximum absolute atomic E-state index is 10.1. The Kier molecular flexibility index (Phi) is 6.07. The Morgan fingerprint density at radius 2 is 2.00 bits per heavy atom. The number of benzene rings is 1. The average molecular weight is 291 g/mol. The minimum atomic E-state index is -0.463. The molecule has 21 heavy (non-hydrogen) atoms. The lowest BCUT2D eigenvalue weighted by molar-refractivity contribution is 0.101. The molecule has 1 aliphatic carbocycles. The molecular weight excluding hydrogens is 262 g/mol. The van der Waals surface area contributed by atoms with Crippen LogP contribution in [0, 0.1) is 19.8 Å². The summed E-state index contributed by atoms with van der Waals surface area (Å²) in [6.07, 6.45) is 4.89. The van der Waals surface area contributed by atoms with E-state index in [0.29, 0.717) is 19.2 Å². The van der Waals surface area contributed by atoms with E-state index in [9.17, 15) is 5.11 Å². The molecule has 0 radical (unpaired) electrons. The molecule has 1 aromatic rings. The summed E-state index contributed by atoms with van der Waals surface area (Å²) in [5.41, 5.74) is 2.35. The van der Waals surface area contributed by atoms with Gasteiger partial charge >= 0.3 is 0 Å². The molecule has 0 bridgehead atoms. The molecule has 0 aliphatic heterocycles. The Labute approximate surface area is 128 Å². The minimum Gasteiger partial charge on any atom is -0.491 e. The van der Waals surface area contributed by atoms with Crippen LogP contribution < -0.4 is 10.1 Å². The summed E-state index contributed by atoms with van der Waals surface area (Å²) in [5, 5.41) is 13.5. The fourth-order valence-corrected chi connectivity index (χ4v) is 3.15. The van der Waals surface area contributed by atoms with E-state index in [-0.39, 0.29) is 0 Å². The topological polar surface area (TPSA) is 41.5 Å². The van der Waals surface area contributed by atoms with Gasteiger partial charge in [0.1, 0.15) is 18.5 Å². The highest BCUT2D eigenvalue weighted by Crippen LogP contribution is 2.27. The van der Waals surface area contributed by atoms with Crippen LogP contribution in [0.15, 0.2) is 18.2 Å². The third kappa shape index (κ3) is 5.01. The molecule has 2 N–H and O–H groups in total. The number of rotatable bonds is 7. The molecule has 1 saturated carbocycles. The molecule has 0 amide bonds. The molecule has 118 valence electrons. The van der Waals surface area contributed by atoms with Gasteiger partial charge in [-0.2, -0.15) is 0 Å². The van der Waals surface area contributed by atoms with Crippen LogP contribution >= 0.6 is 0 Å². The van der Waals surface area contributed by atoms with Crippen molar-refractivity contribution in [3.63, 3.8) is 0 Å². The highest BCUT2D eigenvalue weighted by Gasteiger charge is 2.21. The smallest absolute Gasteiger partial charge is 0.122 e. The minimum absolute atomic E-state index is 0.342. The van der Waals surface area contributed by atoms with Gasteiger partial charge in [0.05, 0.1) is 0 Å². The predicted octanol–water partition coefficient (Wildman–Crippen LogP) is 3.21. The number of aryl methyl sites for hydroxylation is 2. The van der Waals surface area contributed by atoms with Gasteiger partial charge in [0.2, 0.25) is 0 Å². The van der Waals surface area contributed by atoms with Crippen LogP contribution in [0.1, 0.15) is 43.7 Å². The molecule has 0 heterocycles. The summed E-state index contributed by atoms with van der Waals surface area (Å²) in [4.78, 5) is 0. The number of hydrogen-bond donors (Lipinski definition) is 2. The molecule has 1 unspecified atom stereocenters. The standard InChI is InChI=1S/C18H29NO2/c1-13-8-9-18(14(2)10-13)21-12-17(20)11-19-15(3)16-6-4-5-7-16/h8-10,15-17,19-20H,4-7,11-12H2,1-3H3/t15-,17?/m1/s1. The van der Waals surface area contributed by atoms with Gasteiger partial charge in [-0.3, -0.25) is 0 Å². The fraction of sp³-hybridized carbons (Fsp3) is 0.667. The highest BCUT2D eigenvalue weighted by molar-refractivity contribution is 5.35. The lowest BCUT2D eigenvalue weighted by atomic mass is 10.00. The van der Waals surface area contributed by atoms with Gasteiger partial charge in [0.25, 0.3) is 0 Å². The zero-order chi connectivity index (χ0) is 15.2. The Morgan fingerprint density at radius 3 is 2.67 bits per heavy atom. The SMILES string of the molecule is Cc1ccc(OCC(O)CN[C@H](C)C2CCCC2)c(C)c1. The third-order valence-corrected chi connectivity index (χ3v) is 4.54. The van der Waals surface area contributed by atoms with E-state index in [4.69, 9.17) is 4.74 Å². The van der Waals surface area contributed by atoms with Crippen LogP contribution in [0.2, 0.25) is 0 Å². The van der Waals surface area contributed by atoms with Gasteiger partial charge < -0.3 is 15.2 Å². The Hall–Kier alpha value is -1.06. The van der Waals surface area contributed by atoms with Gasteiger partial charge in [0, 0.05) is 12.6 Å². The van der Waals surface area contributed by atoms with Crippen LogP contribution in [0.5, 0.6) is 5.75 Å². The zero-order valence-corrected chi connectivity index (χ0v) is 13.6. The Balaban J connectivity index is 1.70. The molecule has 3 heteroatoms. The molecule has 2 rings (SSSR count). The molecule has 0 saturated heterocycles. The zero-order valence-electron chi connectivity index (χ0n) is 13.6. The third-order valence-electron chi connectivity index (χ3n) is 4.54. The average Bonchev–Trinajstić information content (AvgIpc) is 2.98. The van der Waals surface area contributed by atoms with E-state index < -0.39 is 6.10 Å². The second kappa shape index (κ2) is 7.81. The number of aliphatic hydroxyl groups excluding tert-OH is 1. The van der Waals surface area contributed by atoms with Crippen LogP contribution in [-0.2, 0) is 0 Å². The number of ether oxygens (including phenoxy) is 1. The summed E-state index contributed by atoms with van der Waals surface area (Å²) in [5.74, 6) is 1.64. The van der Waals surface area contributed by atoms with Crippen molar-refractivity contribution in [1.29, 1.82) is 0 Å². The normalized spacial score (nSPS) is 18.7. The van der Waals surface area contributed by atoms with Crippen LogP contribution in [-0.4, -0.2) is 30.4 Å². The maximum atomic E-state index is 10.1. The van der Waals surface area contributed by atoms with E-state index in [1.807, 2.05) is 19.1 Å². The van der Waals surface area contributed by atoms with Gasteiger partial charge in [-0.25, -0.2) is 0 Å². The van der Waals surface area contributed by atoms with Crippen LogP contribution in [0.4, 0.5) is 0 Å². The van der Waals surface area contributed by atoms with E-state index in [1.54, 1.807) is 0 Å². The molecule has 3 nitrogen and oxygen atoms in total. The van der Waals surface area contributed by atoms with Crippen molar-refractivity contribution in [2.24, 2.45) is 5.92 Å². The van der Waals surface area contributed by atoms with Crippen molar-refractivity contribution in [2.45, 2.75) is 58.6 Å². The highest BCUT2D eigenvalue weighted by atomic mass is 16.5. The van der Waals surface area contributed by atoms with E-state index >= 15 is 0 Å². The quantitative estimate of drug-likeness (QED) is 0.810. The first-order valence-corrected chi connectivity index (χ1v) is 8.17. The lowest BCUT2D eigenvalue weighted by Crippen LogP contribution is -2.39. The molecule has 1 aromatic carbocycles. The van der Waals surface area contributed by atoms with Crippen molar-refractivity contribution in [2.75, 3.05) is 13.2 Å². The van der Waals surface area contributed by atoms with E-state index in [1.165, 1.54) is 31.2 Å². The predicted molar refractivity (Wildman–Crippen MR) is 86.8 cm³/mol. The summed E-state index contributed by atoms with van der Waals surface area (Å²) in [7, 11) is 0. The van der Waals surface area contributed by atoms with Crippen LogP contribution in [0.25, 0.3) is 0 Å². The van der Waals surface area contributed by atoms with Crippen molar-refractivity contribution in [1.82, 2.24) is 5.32 Å². The second-order valence-electron chi connectivity index (χ2n) is 6.48. The van der Waals surface area contributed by atoms with E-state index in [2.05, 4.69) is 25.2 Å². The summed E-state index contributed by atoms with van der Waals surface area (Å²) >= 11 is 0. The molecule has 0 spiro atoms. The number of aliphatic hydroxyl groups is 1. The van der Waals surface area contributed by atoms with Crippen molar-refractivity contribution >= 4 is 0 Å². The largest absolute Gasteiger partial charge is 0.491 e. The first-order chi connectivity index (χ1) is 10.1. The fourth-order valence-electron chi connectivity index (χ4n) is 3.15. The number of hydrogen-bond acceptors (Lipinski definition) is 3. The van der Waals surface area contributed by atoms with Gasteiger partial charge in [-0.15, -0.1) is 0 Å². The van der Waals surface area contributed by atoms with E-state index in [0.717, 1.165) is 17.2 Å². The van der Waals surface area contributed by atoms with Crippen LogP contribution in [0.3, 0.4) is 0 Å². The first-order valence-electron chi connectivity index (χ1n) is 8.17. The van der Waals surface area contributed by atoms with Gasteiger partial charge in [0.15, 0.2) is 0 Å². The number of nitrogens with one attached hydrogen (secondary N) is 1. The van der Waals surface area contributed by atoms with Crippen molar-refractivity contribution in [3.05, 3.63) is 29.3 Å². The summed E-state index contributed by atoms with van der Waals surface area (Å²) < 4.78 is 5.72. The monoisotopic (exact) mass is 291 g/mol. The Bertz CT molecular complexity index is 441.